The summed E-state index contributed by atoms with van der Waals surface area (Å²) in [5, 5.41) is 7.48. The molecule has 0 aliphatic carbocycles. The van der Waals surface area contributed by atoms with Crippen molar-refractivity contribution in [3.05, 3.63) is 48.0 Å². The van der Waals surface area contributed by atoms with Crippen molar-refractivity contribution in [1.82, 2.24) is 25.0 Å². The highest BCUT2D eigenvalue weighted by atomic mass is 127. The highest BCUT2D eigenvalue weighted by Gasteiger charge is 2.25. The number of hydrogen-bond donors (Lipinski definition) is 1. The molecule has 1 atom stereocenters. The van der Waals surface area contributed by atoms with Gasteiger partial charge in [-0.2, -0.15) is 5.10 Å². The van der Waals surface area contributed by atoms with E-state index in [-0.39, 0.29) is 24.0 Å². The summed E-state index contributed by atoms with van der Waals surface area (Å²) in [6.45, 7) is 6.91. The summed E-state index contributed by atoms with van der Waals surface area (Å²) < 4.78 is 7.68. The van der Waals surface area contributed by atoms with E-state index in [0.29, 0.717) is 19.1 Å². The van der Waals surface area contributed by atoms with E-state index >= 15 is 0 Å². The number of benzene rings is 1. The van der Waals surface area contributed by atoms with Gasteiger partial charge in [0.15, 0.2) is 5.96 Å². The van der Waals surface area contributed by atoms with E-state index in [4.69, 9.17) is 9.73 Å². The summed E-state index contributed by atoms with van der Waals surface area (Å²) in [5.41, 5.74) is 1.22. The van der Waals surface area contributed by atoms with Gasteiger partial charge in [0.05, 0.1) is 13.2 Å². The second-order valence-corrected chi connectivity index (χ2v) is 6.57. The molecule has 0 saturated carbocycles. The Bertz CT molecular complexity index is 705. The molecule has 3 rings (SSSR count). The van der Waals surface area contributed by atoms with Crippen molar-refractivity contribution in [1.29, 1.82) is 0 Å². The van der Waals surface area contributed by atoms with Gasteiger partial charge in [0.1, 0.15) is 18.7 Å². The third kappa shape index (κ3) is 6.46. The van der Waals surface area contributed by atoms with Crippen LogP contribution in [0, 0.1) is 5.92 Å². The monoisotopic (exact) mass is 484 g/mol. The molecule has 1 aliphatic rings. The summed E-state index contributed by atoms with van der Waals surface area (Å²) in [6, 6.07) is 10.3. The quantitative estimate of drug-likeness (QED) is 0.372. The van der Waals surface area contributed by atoms with Gasteiger partial charge in [-0.05, 0) is 18.9 Å². The van der Waals surface area contributed by atoms with E-state index in [1.54, 1.807) is 11.0 Å². The van der Waals surface area contributed by atoms with Gasteiger partial charge in [-0.3, -0.25) is 4.68 Å². The minimum absolute atomic E-state index is 0. The van der Waals surface area contributed by atoms with Gasteiger partial charge in [-0.15, -0.1) is 24.0 Å². The lowest BCUT2D eigenvalue weighted by atomic mass is 10.1. The molecule has 0 amide bonds. The van der Waals surface area contributed by atoms with Crippen molar-refractivity contribution in [3.8, 4) is 0 Å². The van der Waals surface area contributed by atoms with Crippen molar-refractivity contribution in [3.63, 3.8) is 0 Å². The molecule has 2 aromatic rings. The lowest BCUT2D eigenvalue weighted by Gasteiger charge is -2.21. The van der Waals surface area contributed by atoms with Crippen molar-refractivity contribution >= 4 is 29.9 Å². The zero-order valence-corrected chi connectivity index (χ0v) is 18.4. The number of guanidine groups is 1. The Morgan fingerprint density at radius 3 is 2.85 bits per heavy atom. The summed E-state index contributed by atoms with van der Waals surface area (Å²) in [7, 11) is 1.89. The Balaban J connectivity index is 0.00000261. The van der Waals surface area contributed by atoms with Gasteiger partial charge in [0, 0.05) is 32.6 Å². The summed E-state index contributed by atoms with van der Waals surface area (Å²) in [4.78, 5) is 11.3. The lowest BCUT2D eigenvalue weighted by molar-refractivity contribution is 0.0906. The van der Waals surface area contributed by atoms with Crippen molar-refractivity contribution in [2.75, 3.05) is 26.2 Å². The van der Waals surface area contributed by atoms with Crippen LogP contribution in [0.1, 0.15) is 24.7 Å². The first-order chi connectivity index (χ1) is 12.8. The van der Waals surface area contributed by atoms with Crippen molar-refractivity contribution in [2.24, 2.45) is 18.0 Å². The van der Waals surface area contributed by atoms with Crippen LogP contribution < -0.4 is 5.32 Å². The second-order valence-electron chi connectivity index (χ2n) is 6.57. The predicted molar refractivity (Wildman–Crippen MR) is 117 cm³/mol. The highest BCUT2D eigenvalue weighted by molar-refractivity contribution is 14.0. The number of halogens is 1. The second kappa shape index (κ2) is 11.2. The zero-order chi connectivity index (χ0) is 18.2. The molecular formula is C19H29IN6O. The Labute approximate surface area is 178 Å². The number of aliphatic imine (C=N–C) groups is 1. The Morgan fingerprint density at radius 1 is 1.33 bits per heavy atom. The van der Waals surface area contributed by atoms with E-state index in [2.05, 4.69) is 39.4 Å². The molecule has 27 heavy (non-hydrogen) atoms. The molecule has 1 aliphatic heterocycles. The van der Waals surface area contributed by atoms with Crippen LogP contribution >= 0.6 is 24.0 Å². The van der Waals surface area contributed by atoms with Crippen LogP contribution in [0.5, 0.6) is 0 Å². The molecule has 7 nitrogen and oxygen atoms in total. The molecule has 1 aromatic heterocycles. The molecule has 1 aromatic carbocycles. The fourth-order valence-electron chi connectivity index (χ4n) is 3.11. The highest BCUT2D eigenvalue weighted by Crippen LogP contribution is 2.17. The van der Waals surface area contributed by atoms with E-state index in [0.717, 1.165) is 44.4 Å². The predicted octanol–water partition coefficient (Wildman–Crippen LogP) is 2.44. The normalized spacial score (nSPS) is 17.0. The van der Waals surface area contributed by atoms with E-state index in [1.807, 2.05) is 25.2 Å². The van der Waals surface area contributed by atoms with Gasteiger partial charge in [0.2, 0.25) is 0 Å². The molecule has 0 spiro atoms. The fourth-order valence-corrected chi connectivity index (χ4v) is 3.11. The number of likely N-dealkylation sites (tertiary alicyclic amines) is 1. The Hall–Kier alpha value is -1.68. The van der Waals surface area contributed by atoms with Gasteiger partial charge in [-0.25, -0.2) is 9.98 Å². The van der Waals surface area contributed by atoms with Crippen molar-refractivity contribution < 1.29 is 4.74 Å². The third-order valence-corrected chi connectivity index (χ3v) is 4.56. The molecule has 1 fully saturated rings. The van der Waals surface area contributed by atoms with E-state index in [9.17, 15) is 0 Å². The first-order valence-corrected chi connectivity index (χ1v) is 9.24. The number of hydrogen-bond acceptors (Lipinski definition) is 4. The summed E-state index contributed by atoms with van der Waals surface area (Å²) >= 11 is 0. The maximum absolute atomic E-state index is 5.92. The number of nitrogens with zero attached hydrogens (tertiary/aromatic N) is 5. The summed E-state index contributed by atoms with van der Waals surface area (Å²) in [6.07, 6.45) is 2.69. The van der Waals surface area contributed by atoms with Crippen molar-refractivity contribution in [2.45, 2.75) is 26.5 Å². The average Bonchev–Trinajstić information content (AvgIpc) is 3.29. The van der Waals surface area contributed by atoms with Crippen LogP contribution in [0.15, 0.2) is 41.7 Å². The van der Waals surface area contributed by atoms with E-state index in [1.165, 1.54) is 5.56 Å². The average molecular weight is 484 g/mol. The minimum atomic E-state index is 0. The zero-order valence-electron chi connectivity index (χ0n) is 16.0. The first kappa shape index (κ1) is 21.6. The van der Waals surface area contributed by atoms with Crippen LogP contribution in [0.25, 0.3) is 0 Å². The van der Waals surface area contributed by atoms with Crippen LogP contribution in [0.4, 0.5) is 0 Å². The number of rotatable bonds is 7. The number of aryl methyl sites for hydroxylation is 1. The largest absolute Gasteiger partial charge is 0.376 e. The molecule has 0 radical (unpaired) electrons. The van der Waals surface area contributed by atoms with E-state index < -0.39 is 0 Å². The maximum Gasteiger partial charge on any atom is 0.194 e. The van der Waals surface area contributed by atoms with Crippen LogP contribution in [-0.4, -0.2) is 51.9 Å². The standard InChI is InChI=1S/C19H28N6O.HI/c1-3-20-19(21-11-18-22-15-23-24(18)2)25-10-9-17(12-25)14-26-13-16-7-5-4-6-8-16;/h4-8,15,17H,3,9-14H2,1-2H3,(H,20,21);1H. The molecule has 1 unspecified atom stereocenters. The van der Waals surface area contributed by atoms with Gasteiger partial charge in [0.25, 0.3) is 0 Å². The molecule has 2 heterocycles. The lowest BCUT2D eigenvalue weighted by Crippen LogP contribution is -2.40. The molecule has 1 saturated heterocycles. The molecule has 1 N–H and O–H groups in total. The fraction of sp³-hybridized carbons (Fsp3) is 0.526. The number of nitrogens with one attached hydrogen (secondary N) is 1. The van der Waals surface area contributed by atoms with Crippen LogP contribution in [0.3, 0.4) is 0 Å². The van der Waals surface area contributed by atoms with Gasteiger partial charge in [-0.1, -0.05) is 30.3 Å². The minimum Gasteiger partial charge on any atom is -0.376 e. The topological polar surface area (TPSA) is 67.6 Å². The molecule has 148 valence electrons. The smallest absolute Gasteiger partial charge is 0.194 e. The Morgan fingerprint density at radius 2 is 2.15 bits per heavy atom. The summed E-state index contributed by atoms with van der Waals surface area (Å²) in [5.74, 6) is 2.35. The molecule has 0 bridgehead atoms. The maximum atomic E-state index is 5.92. The van der Waals surface area contributed by atoms with Gasteiger partial charge < -0.3 is 15.0 Å². The first-order valence-electron chi connectivity index (χ1n) is 9.24. The number of ether oxygens (including phenoxy) is 1. The SMILES string of the molecule is CCNC(=NCc1ncnn1C)N1CCC(COCc2ccccc2)C1.I. The number of aromatic nitrogens is 3. The molecular weight excluding hydrogens is 455 g/mol. The molecule has 8 heteroatoms. The van der Waals surface area contributed by atoms with Crippen LogP contribution in [-0.2, 0) is 24.9 Å². The van der Waals surface area contributed by atoms with Gasteiger partial charge >= 0.3 is 0 Å². The Kier molecular flexibility index (Phi) is 8.99. The third-order valence-electron chi connectivity index (χ3n) is 4.56. The van der Waals surface area contributed by atoms with Crippen LogP contribution in [0.2, 0.25) is 0 Å².